The molecule has 1 aromatic carbocycles. The van der Waals surface area contributed by atoms with E-state index in [0.717, 1.165) is 0 Å². The first-order valence-corrected chi connectivity index (χ1v) is 5.76. The lowest BCUT2D eigenvalue weighted by Crippen LogP contribution is -2.23. The van der Waals surface area contributed by atoms with Crippen LogP contribution in [0, 0.1) is 0 Å². The summed E-state index contributed by atoms with van der Waals surface area (Å²) in [7, 11) is 1.48. The Kier molecular flexibility index (Phi) is 3.97. The molecule has 0 radical (unpaired) electrons. The maximum atomic E-state index is 11.8. The first kappa shape index (κ1) is 12.9. The summed E-state index contributed by atoms with van der Waals surface area (Å²) >= 11 is 0. The molecular weight excluding hydrogens is 244 g/mol. The van der Waals surface area contributed by atoms with E-state index >= 15 is 0 Å². The zero-order valence-electron chi connectivity index (χ0n) is 10.5. The Morgan fingerprint density at radius 3 is 2.84 bits per heavy atom. The van der Waals surface area contributed by atoms with Crippen molar-refractivity contribution in [1.82, 2.24) is 10.3 Å². The summed E-state index contributed by atoms with van der Waals surface area (Å²) in [6.07, 6.45) is 1.55. The van der Waals surface area contributed by atoms with Gasteiger partial charge in [0.15, 0.2) is 11.5 Å². The normalized spacial score (nSPS) is 9.95. The quantitative estimate of drug-likeness (QED) is 0.876. The number of phenolic OH excluding ortho intramolecular Hbond substituents is 1. The molecule has 0 aliphatic carbocycles. The molecule has 1 heterocycles. The minimum atomic E-state index is -0.289. The maximum Gasteiger partial charge on any atom is 0.270 e. The molecule has 0 fully saturated rings. The fraction of sp³-hybridized carbons (Fsp3) is 0.143. The lowest BCUT2D eigenvalue weighted by molar-refractivity contribution is 0.0945. The van der Waals surface area contributed by atoms with E-state index in [4.69, 9.17) is 4.74 Å². The van der Waals surface area contributed by atoms with Gasteiger partial charge >= 0.3 is 0 Å². The van der Waals surface area contributed by atoms with Crippen LogP contribution in [0.2, 0.25) is 0 Å². The van der Waals surface area contributed by atoms with Crippen molar-refractivity contribution in [3.8, 4) is 11.5 Å². The molecule has 1 amide bonds. The van der Waals surface area contributed by atoms with Crippen LogP contribution in [0.3, 0.4) is 0 Å². The zero-order chi connectivity index (χ0) is 13.7. The van der Waals surface area contributed by atoms with Crippen LogP contribution in [0.4, 0.5) is 0 Å². The highest BCUT2D eigenvalue weighted by molar-refractivity contribution is 5.92. The van der Waals surface area contributed by atoms with E-state index in [9.17, 15) is 9.90 Å². The average molecular weight is 258 g/mol. The number of nitrogens with one attached hydrogen (secondary N) is 1. The van der Waals surface area contributed by atoms with Crippen LogP contribution in [0.1, 0.15) is 16.1 Å². The second-order valence-corrected chi connectivity index (χ2v) is 3.87. The van der Waals surface area contributed by atoms with Gasteiger partial charge in [-0.05, 0) is 18.2 Å². The molecule has 1 aromatic heterocycles. The maximum absolute atomic E-state index is 11.8. The van der Waals surface area contributed by atoms with Crippen LogP contribution in [0.25, 0.3) is 0 Å². The number of carbonyl (C=O) groups is 1. The highest BCUT2D eigenvalue weighted by atomic mass is 16.5. The third-order valence-corrected chi connectivity index (χ3v) is 2.64. The molecule has 0 bridgehead atoms. The topological polar surface area (TPSA) is 71.5 Å². The first-order valence-electron chi connectivity index (χ1n) is 5.76. The lowest BCUT2D eigenvalue weighted by atomic mass is 10.2. The van der Waals surface area contributed by atoms with Gasteiger partial charge in [-0.3, -0.25) is 9.78 Å². The number of amides is 1. The number of phenols is 1. The number of pyridine rings is 1. The highest BCUT2D eigenvalue weighted by Gasteiger charge is 2.10. The van der Waals surface area contributed by atoms with Crippen LogP contribution < -0.4 is 10.1 Å². The second-order valence-electron chi connectivity index (χ2n) is 3.87. The Morgan fingerprint density at radius 2 is 2.16 bits per heavy atom. The van der Waals surface area contributed by atoms with Gasteiger partial charge in [0, 0.05) is 18.3 Å². The molecular formula is C14H14N2O3. The van der Waals surface area contributed by atoms with Gasteiger partial charge in [0.25, 0.3) is 5.91 Å². The van der Waals surface area contributed by atoms with E-state index in [1.54, 1.807) is 42.6 Å². The van der Waals surface area contributed by atoms with Crippen LogP contribution >= 0.6 is 0 Å². The van der Waals surface area contributed by atoms with E-state index < -0.39 is 0 Å². The van der Waals surface area contributed by atoms with Crippen molar-refractivity contribution in [2.45, 2.75) is 6.54 Å². The van der Waals surface area contributed by atoms with E-state index in [1.165, 1.54) is 7.11 Å². The molecule has 0 aliphatic rings. The Balaban J connectivity index is 2.05. The van der Waals surface area contributed by atoms with Crippen LogP contribution in [-0.2, 0) is 6.54 Å². The van der Waals surface area contributed by atoms with Gasteiger partial charge in [0.1, 0.15) is 5.69 Å². The van der Waals surface area contributed by atoms with Crippen molar-refractivity contribution < 1.29 is 14.6 Å². The predicted molar refractivity (Wildman–Crippen MR) is 70.1 cm³/mol. The van der Waals surface area contributed by atoms with Crippen molar-refractivity contribution in [1.29, 1.82) is 0 Å². The van der Waals surface area contributed by atoms with Crippen LogP contribution in [-0.4, -0.2) is 23.1 Å². The summed E-state index contributed by atoms with van der Waals surface area (Å²) in [4.78, 5) is 15.7. The number of rotatable bonds is 4. The standard InChI is InChI=1S/C14H14N2O3/c1-19-12-7-4-5-10(13(12)17)9-16-14(18)11-6-2-3-8-15-11/h2-8,17H,9H2,1H3,(H,16,18). The second kappa shape index (κ2) is 5.86. The summed E-state index contributed by atoms with van der Waals surface area (Å²) in [5, 5.41) is 12.6. The molecule has 0 saturated heterocycles. The minimum absolute atomic E-state index is 0.0336. The van der Waals surface area contributed by atoms with Crippen LogP contribution in [0.15, 0.2) is 42.6 Å². The Hall–Kier alpha value is -2.56. The van der Waals surface area contributed by atoms with Crippen molar-refractivity contribution in [3.05, 3.63) is 53.9 Å². The van der Waals surface area contributed by atoms with Gasteiger partial charge in [-0.15, -0.1) is 0 Å². The molecule has 98 valence electrons. The molecule has 2 aromatic rings. The lowest BCUT2D eigenvalue weighted by Gasteiger charge is -2.09. The van der Waals surface area contributed by atoms with E-state index in [1.807, 2.05) is 0 Å². The number of nitrogens with zero attached hydrogens (tertiary/aromatic N) is 1. The largest absolute Gasteiger partial charge is 0.504 e. The number of ether oxygens (including phenoxy) is 1. The highest BCUT2D eigenvalue weighted by Crippen LogP contribution is 2.29. The number of benzene rings is 1. The number of para-hydroxylation sites is 1. The number of aromatic hydroxyl groups is 1. The fourth-order valence-electron chi connectivity index (χ4n) is 1.64. The van der Waals surface area contributed by atoms with Crippen molar-refractivity contribution in [2.75, 3.05) is 7.11 Å². The van der Waals surface area contributed by atoms with Crippen molar-refractivity contribution in [2.24, 2.45) is 0 Å². The molecule has 5 nitrogen and oxygen atoms in total. The van der Waals surface area contributed by atoms with Gasteiger partial charge in [-0.1, -0.05) is 18.2 Å². The molecule has 0 unspecified atom stereocenters. The molecule has 2 rings (SSSR count). The predicted octanol–water partition coefficient (Wildman–Crippen LogP) is 1.73. The summed E-state index contributed by atoms with van der Waals surface area (Å²) < 4.78 is 5.00. The summed E-state index contributed by atoms with van der Waals surface area (Å²) in [6.45, 7) is 0.207. The zero-order valence-corrected chi connectivity index (χ0v) is 10.5. The summed E-state index contributed by atoms with van der Waals surface area (Å²) in [6, 6.07) is 10.2. The van der Waals surface area contributed by atoms with Crippen LogP contribution in [0.5, 0.6) is 11.5 Å². The first-order chi connectivity index (χ1) is 9.22. The minimum Gasteiger partial charge on any atom is -0.504 e. The van der Waals surface area contributed by atoms with Gasteiger partial charge in [0.2, 0.25) is 0 Å². The molecule has 0 spiro atoms. The third kappa shape index (κ3) is 3.01. The van der Waals surface area contributed by atoms with E-state index in [2.05, 4.69) is 10.3 Å². The van der Waals surface area contributed by atoms with Gasteiger partial charge in [-0.25, -0.2) is 0 Å². The van der Waals surface area contributed by atoms with E-state index in [-0.39, 0.29) is 18.2 Å². The molecule has 0 saturated carbocycles. The Morgan fingerprint density at radius 1 is 1.32 bits per heavy atom. The number of carbonyl (C=O) groups excluding carboxylic acids is 1. The number of aromatic nitrogens is 1. The molecule has 0 aliphatic heterocycles. The van der Waals surface area contributed by atoms with Crippen molar-refractivity contribution >= 4 is 5.91 Å². The number of hydrogen-bond donors (Lipinski definition) is 2. The van der Waals surface area contributed by atoms with Gasteiger partial charge in [-0.2, -0.15) is 0 Å². The number of methoxy groups -OCH3 is 1. The molecule has 5 heteroatoms. The van der Waals surface area contributed by atoms with Gasteiger partial charge in [0.05, 0.1) is 7.11 Å². The molecule has 2 N–H and O–H groups in total. The van der Waals surface area contributed by atoms with E-state index in [0.29, 0.717) is 17.0 Å². The Bertz CT molecular complexity index is 570. The summed E-state index contributed by atoms with van der Waals surface area (Å²) in [5.74, 6) is 0.124. The monoisotopic (exact) mass is 258 g/mol. The number of hydrogen-bond acceptors (Lipinski definition) is 4. The Labute approximate surface area is 110 Å². The van der Waals surface area contributed by atoms with Gasteiger partial charge < -0.3 is 15.2 Å². The molecule has 19 heavy (non-hydrogen) atoms. The average Bonchev–Trinajstić information content (AvgIpc) is 2.47. The molecule has 0 atom stereocenters. The summed E-state index contributed by atoms with van der Waals surface area (Å²) in [5.41, 5.74) is 0.925. The fourth-order valence-corrected chi connectivity index (χ4v) is 1.64. The SMILES string of the molecule is COc1cccc(CNC(=O)c2ccccn2)c1O. The third-order valence-electron chi connectivity index (χ3n) is 2.64. The smallest absolute Gasteiger partial charge is 0.270 e. The van der Waals surface area contributed by atoms with Crippen molar-refractivity contribution in [3.63, 3.8) is 0 Å².